The molecule has 1 atom stereocenters. The molecule has 1 amide bonds. The molecule has 4 heteroatoms. The van der Waals surface area contributed by atoms with Crippen LogP contribution in [0.4, 0.5) is 5.69 Å². The largest absolute Gasteiger partial charge is 0.399 e. The molecular weight excluding hydrogens is 240 g/mol. The number of methoxy groups -OCH3 is 1. The van der Waals surface area contributed by atoms with Crippen molar-refractivity contribution in [2.24, 2.45) is 0 Å². The fraction of sp³-hybridized carbons (Fsp3) is 0.533. The molecule has 0 saturated carbocycles. The van der Waals surface area contributed by atoms with Crippen molar-refractivity contribution in [2.45, 2.75) is 33.2 Å². The van der Waals surface area contributed by atoms with Gasteiger partial charge >= 0.3 is 0 Å². The Morgan fingerprint density at radius 2 is 2.16 bits per heavy atom. The van der Waals surface area contributed by atoms with Gasteiger partial charge in [0.25, 0.3) is 5.91 Å². The third-order valence-corrected chi connectivity index (χ3v) is 3.40. The minimum absolute atomic E-state index is 0.0453. The second-order valence-electron chi connectivity index (χ2n) is 4.82. The van der Waals surface area contributed by atoms with Gasteiger partial charge in [0.1, 0.15) is 0 Å². The molecule has 0 aliphatic carbocycles. The maximum atomic E-state index is 12.6. The Labute approximate surface area is 115 Å². The average Bonchev–Trinajstić information content (AvgIpc) is 2.38. The number of ether oxygens (including phenoxy) is 1. The number of rotatable bonds is 6. The van der Waals surface area contributed by atoms with Gasteiger partial charge < -0.3 is 15.4 Å². The van der Waals surface area contributed by atoms with Crippen molar-refractivity contribution in [3.05, 3.63) is 29.3 Å². The molecule has 0 spiro atoms. The highest BCUT2D eigenvalue weighted by atomic mass is 16.5. The highest BCUT2D eigenvalue weighted by molar-refractivity contribution is 5.96. The molecule has 106 valence electrons. The zero-order chi connectivity index (χ0) is 14.4. The smallest absolute Gasteiger partial charge is 0.254 e. The van der Waals surface area contributed by atoms with E-state index in [0.717, 1.165) is 12.0 Å². The van der Waals surface area contributed by atoms with Crippen LogP contribution in [0, 0.1) is 6.92 Å². The van der Waals surface area contributed by atoms with Crippen molar-refractivity contribution in [2.75, 3.05) is 26.0 Å². The van der Waals surface area contributed by atoms with Crippen LogP contribution in [0.25, 0.3) is 0 Å². The lowest BCUT2D eigenvalue weighted by Crippen LogP contribution is -2.40. The van der Waals surface area contributed by atoms with Crippen molar-refractivity contribution < 1.29 is 9.53 Å². The molecule has 1 aromatic carbocycles. The monoisotopic (exact) mass is 264 g/mol. The van der Waals surface area contributed by atoms with Crippen LogP contribution in [0.3, 0.4) is 0 Å². The number of nitrogen functional groups attached to an aromatic ring is 1. The maximum absolute atomic E-state index is 12.6. The van der Waals surface area contributed by atoms with E-state index < -0.39 is 0 Å². The van der Waals surface area contributed by atoms with E-state index in [0.29, 0.717) is 24.4 Å². The molecule has 1 unspecified atom stereocenters. The van der Waals surface area contributed by atoms with Gasteiger partial charge in [-0.05, 0) is 44.0 Å². The Bertz CT molecular complexity index is 432. The predicted octanol–water partition coefficient (Wildman–Crippen LogP) is 2.46. The summed E-state index contributed by atoms with van der Waals surface area (Å²) in [5, 5.41) is 0. The average molecular weight is 264 g/mol. The van der Waals surface area contributed by atoms with Gasteiger partial charge in [0.15, 0.2) is 0 Å². The molecule has 2 N–H and O–H groups in total. The van der Waals surface area contributed by atoms with E-state index in [1.165, 1.54) is 0 Å². The predicted molar refractivity (Wildman–Crippen MR) is 78.3 cm³/mol. The van der Waals surface area contributed by atoms with Gasteiger partial charge in [0.05, 0.1) is 6.61 Å². The Morgan fingerprint density at radius 1 is 1.47 bits per heavy atom. The number of hydrogen-bond donors (Lipinski definition) is 1. The fourth-order valence-corrected chi connectivity index (χ4v) is 2.01. The number of nitrogens with zero attached hydrogens (tertiary/aromatic N) is 1. The summed E-state index contributed by atoms with van der Waals surface area (Å²) in [6.07, 6.45) is 0.920. The van der Waals surface area contributed by atoms with Gasteiger partial charge in [0, 0.05) is 30.9 Å². The molecule has 0 saturated heterocycles. The number of hydrogen-bond acceptors (Lipinski definition) is 3. The summed E-state index contributed by atoms with van der Waals surface area (Å²) < 4.78 is 5.09. The van der Waals surface area contributed by atoms with Crippen LogP contribution < -0.4 is 5.73 Å². The Hall–Kier alpha value is -1.55. The zero-order valence-corrected chi connectivity index (χ0v) is 12.3. The molecule has 0 radical (unpaired) electrons. The molecule has 19 heavy (non-hydrogen) atoms. The first-order valence-electron chi connectivity index (χ1n) is 6.67. The minimum atomic E-state index is 0.0453. The highest BCUT2D eigenvalue weighted by Crippen LogP contribution is 2.17. The van der Waals surface area contributed by atoms with Crippen LogP contribution in [0.5, 0.6) is 0 Å². The van der Waals surface area contributed by atoms with E-state index in [-0.39, 0.29) is 11.9 Å². The standard InChI is InChI=1S/C15H24N2O2/c1-5-12(3)17(8-9-19-4)15(18)14-7-6-13(16)10-11(14)2/h6-7,10,12H,5,8-9,16H2,1-4H3. The summed E-state index contributed by atoms with van der Waals surface area (Å²) in [7, 11) is 1.65. The van der Waals surface area contributed by atoms with Crippen molar-refractivity contribution >= 4 is 11.6 Å². The van der Waals surface area contributed by atoms with Gasteiger partial charge in [-0.15, -0.1) is 0 Å². The van der Waals surface area contributed by atoms with Crippen molar-refractivity contribution in [1.29, 1.82) is 0 Å². The fourth-order valence-electron chi connectivity index (χ4n) is 2.01. The summed E-state index contributed by atoms with van der Waals surface area (Å²) in [6.45, 7) is 7.20. The van der Waals surface area contributed by atoms with E-state index in [2.05, 4.69) is 13.8 Å². The number of benzene rings is 1. The second-order valence-corrected chi connectivity index (χ2v) is 4.82. The molecule has 0 fully saturated rings. The topological polar surface area (TPSA) is 55.6 Å². The van der Waals surface area contributed by atoms with Crippen LogP contribution >= 0.6 is 0 Å². The van der Waals surface area contributed by atoms with Gasteiger partial charge in [-0.3, -0.25) is 4.79 Å². The SMILES string of the molecule is CCC(C)N(CCOC)C(=O)c1ccc(N)cc1C. The lowest BCUT2D eigenvalue weighted by Gasteiger charge is -2.29. The summed E-state index contributed by atoms with van der Waals surface area (Å²) in [5.41, 5.74) is 8.03. The minimum Gasteiger partial charge on any atom is -0.399 e. The first-order valence-corrected chi connectivity index (χ1v) is 6.67. The second kappa shape index (κ2) is 7.14. The van der Waals surface area contributed by atoms with Gasteiger partial charge in [-0.1, -0.05) is 6.92 Å². The first kappa shape index (κ1) is 15.5. The summed E-state index contributed by atoms with van der Waals surface area (Å²) in [5.74, 6) is 0.0453. The quantitative estimate of drug-likeness (QED) is 0.803. The lowest BCUT2D eigenvalue weighted by molar-refractivity contribution is 0.0613. The molecule has 0 aromatic heterocycles. The van der Waals surface area contributed by atoms with Crippen LogP contribution in [0.2, 0.25) is 0 Å². The Morgan fingerprint density at radius 3 is 2.68 bits per heavy atom. The third-order valence-electron chi connectivity index (χ3n) is 3.40. The van der Waals surface area contributed by atoms with Crippen LogP contribution in [-0.4, -0.2) is 37.1 Å². The molecule has 0 bridgehead atoms. The molecule has 1 aromatic rings. The molecule has 0 aliphatic heterocycles. The van der Waals surface area contributed by atoms with E-state index in [9.17, 15) is 4.79 Å². The zero-order valence-electron chi connectivity index (χ0n) is 12.3. The third kappa shape index (κ3) is 3.96. The number of nitrogens with two attached hydrogens (primary N) is 1. The number of anilines is 1. The van der Waals surface area contributed by atoms with Crippen molar-refractivity contribution in [3.8, 4) is 0 Å². The van der Waals surface area contributed by atoms with E-state index in [1.54, 1.807) is 19.2 Å². The van der Waals surface area contributed by atoms with Gasteiger partial charge in [-0.2, -0.15) is 0 Å². The summed E-state index contributed by atoms with van der Waals surface area (Å²) in [6, 6.07) is 5.60. The van der Waals surface area contributed by atoms with Gasteiger partial charge in [0.2, 0.25) is 0 Å². The number of aryl methyl sites for hydroxylation is 1. The van der Waals surface area contributed by atoms with E-state index >= 15 is 0 Å². The van der Waals surface area contributed by atoms with Crippen molar-refractivity contribution in [1.82, 2.24) is 4.90 Å². The molecule has 0 heterocycles. The molecule has 0 aliphatic rings. The first-order chi connectivity index (χ1) is 9.01. The van der Waals surface area contributed by atoms with E-state index in [4.69, 9.17) is 10.5 Å². The van der Waals surface area contributed by atoms with Crippen LogP contribution in [-0.2, 0) is 4.74 Å². The molecule has 4 nitrogen and oxygen atoms in total. The van der Waals surface area contributed by atoms with Crippen LogP contribution in [0.15, 0.2) is 18.2 Å². The Kier molecular flexibility index (Phi) is 5.83. The van der Waals surface area contributed by atoms with Gasteiger partial charge in [-0.25, -0.2) is 0 Å². The summed E-state index contributed by atoms with van der Waals surface area (Å²) in [4.78, 5) is 14.5. The van der Waals surface area contributed by atoms with Crippen LogP contribution in [0.1, 0.15) is 36.2 Å². The van der Waals surface area contributed by atoms with Crippen molar-refractivity contribution in [3.63, 3.8) is 0 Å². The Balaban J connectivity index is 2.97. The highest BCUT2D eigenvalue weighted by Gasteiger charge is 2.21. The van der Waals surface area contributed by atoms with E-state index in [1.807, 2.05) is 17.9 Å². The lowest BCUT2D eigenvalue weighted by atomic mass is 10.1. The normalized spacial score (nSPS) is 12.2. The molecule has 1 rings (SSSR count). The summed E-state index contributed by atoms with van der Waals surface area (Å²) >= 11 is 0. The number of carbonyl (C=O) groups is 1. The number of amides is 1. The number of carbonyl (C=O) groups excluding carboxylic acids is 1. The maximum Gasteiger partial charge on any atom is 0.254 e. The molecular formula is C15H24N2O2.